The van der Waals surface area contributed by atoms with Gasteiger partial charge in [-0.25, -0.2) is 4.79 Å². The van der Waals surface area contributed by atoms with E-state index in [1.165, 1.54) is 32.1 Å². The summed E-state index contributed by atoms with van der Waals surface area (Å²) in [5, 5.41) is 6.65. The molecule has 0 bridgehead atoms. The molecule has 1 aliphatic rings. The fourth-order valence-electron chi connectivity index (χ4n) is 3.08. The van der Waals surface area contributed by atoms with E-state index in [4.69, 9.17) is 4.74 Å². The summed E-state index contributed by atoms with van der Waals surface area (Å²) in [6.45, 7) is 14.1. The number of carbonyl (C=O) groups is 1. The summed E-state index contributed by atoms with van der Waals surface area (Å²) in [6.07, 6.45) is 7.35. The lowest BCUT2D eigenvalue weighted by Crippen LogP contribution is -2.47. The summed E-state index contributed by atoms with van der Waals surface area (Å²) in [6, 6.07) is 0.352. The third kappa shape index (κ3) is 9.85. The second-order valence-electron chi connectivity index (χ2n) is 9.15. The number of rotatable bonds is 6. The van der Waals surface area contributed by atoms with E-state index in [0.29, 0.717) is 23.9 Å². The Hall–Kier alpha value is -0.770. The quantitative estimate of drug-likeness (QED) is 0.756. The van der Waals surface area contributed by atoms with E-state index in [1.807, 2.05) is 20.8 Å². The normalized spacial score (nSPS) is 18.5. The maximum Gasteiger partial charge on any atom is 0.407 e. The molecule has 1 amide bonds. The van der Waals surface area contributed by atoms with Crippen LogP contribution in [0.15, 0.2) is 0 Å². The Kier molecular flexibility index (Phi) is 7.85. The molecule has 2 N–H and O–H groups in total. The lowest BCUT2D eigenvalue weighted by Gasteiger charge is -2.32. The van der Waals surface area contributed by atoms with E-state index < -0.39 is 5.60 Å². The minimum atomic E-state index is -0.440. The zero-order valence-electron chi connectivity index (χ0n) is 16.1. The Morgan fingerprint density at radius 3 is 2.22 bits per heavy atom. The molecule has 1 fully saturated rings. The van der Waals surface area contributed by atoms with Gasteiger partial charge in [-0.1, -0.05) is 40.0 Å². The summed E-state index contributed by atoms with van der Waals surface area (Å²) < 4.78 is 5.36. The first kappa shape index (κ1) is 20.3. The van der Waals surface area contributed by atoms with E-state index in [9.17, 15) is 4.79 Å². The molecular formula is C19H38N2O2. The van der Waals surface area contributed by atoms with Crippen LogP contribution in [0.4, 0.5) is 4.79 Å². The van der Waals surface area contributed by atoms with Crippen molar-refractivity contribution in [3.8, 4) is 0 Å². The maximum atomic E-state index is 11.9. The van der Waals surface area contributed by atoms with Crippen molar-refractivity contribution in [1.29, 1.82) is 0 Å². The van der Waals surface area contributed by atoms with Gasteiger partial charge >= 0.3 is 6.09 Å². The van der Waals surface area contributed by atoms with Crippen molar-refractivity contribution >= 4 is 6.09 Å². The smallest absolute Gasteiger partial charge is 0.407 e. The number of hydrogen-bond acceptors (Lipinski definition) is 3. The predicted octanol–water partition coefficient (Wildman–Crippen LogP) is 4.49. The van der Waals surface area contributed by atoms with Gasteiger partial charge < -0.3 is 15.4 Å². The number of ether oxygens (including phenoxy) is 1. The summed E-state index contributed by atoms with van der Waals surface area (Å²) in [7, 11) is 0. The van der Waals surface area contributed by atoms with Crippen molar-refractivity contribution in [2.45, 2.75) is 91.7 Å². The van der Waals surface area contributed by atoms with Gasteiger partial charge in [-0.3, -0.25) is 0 Å². The van der Waals surface area contributed by atoms with Crippen molar-refractivity contribution in [1.82, 2.24) is 10.6 Å². The van der Waals surface area contributed by atoms with Gasteiger partial charge in [-0.05, 0) is 57.9 Å². The first-order valence-corrected chi connectivity index (χ1v) is 9.27. The molecule has 0 aliphatic heterocycles. The third-order valence-corrected chi connectivity index (χ3v) is 4.37. The molecule has 1 rings (SSSR count). The van der Waals surface area contributed by atoms with Gasteiger partial charge in [-0.2, -0.15) is 0 Å². The van der Waals surface area contributed by atoms with Crippen LogP contribution in [-0.2, 0) is 4.74 Å². The molecular weight excluding hydrogens is 288 g/mol. The van der Waals surface area contributed by atoms with Crippen LogP contribution in [0.3, 0.4) is 0 Å². The van der Waals surface area contributed by atoms with Gasteiger partial charge in [0.15, 0.2) is 0 Å². The van der Waals surface area contributed by atoms with Crippen LogP contribution in [0.25, 0.3) is 0 Å². The third-order valence-electron chi connectivity index (χ3n) is 4.37. The van der Waals surface area contributed by atoms with E-state index >= 15 is 0 Å². The summed E-state index contributed by atoms with van der Waals surface area (Å²) in [5.41, 5.74) is -0.104. The molecule has 0 aromatic carbocycles. The largest absolute Gasteiger partial charge is 0.444 e. The Bertz CT molecular complexity index is 349. The second-order valence-corrected chi connectivity index (χ2v) is 9.15. The number of alkyl carbamates (subject to hydrolysis) is 1. The average Bonchev–Trinajstić information content (AvgIpc) is 2.40. The number of hydrogen-bond donors (Lipinski definition) is 2. The highest BCUT2D eigenvalue weighted by molar-refractivity contribution is 5.67. The monoisotopic (exact) mass is 326 g/mol. The molecule has 1 saturated carbocycles. The lowest BCUT2D eigenvalue weighted by atomic mass is 9.83. The SMILES string of the molecule is CC(C)(C)CCNC(CNC(=O)OC(C)(C)C)C1CCCCC1. The van der Waals surface area contributed by atoms with Crippen molar-refractivity contribution < 1.29 is 9.53 Å². The molecule has 0 saturated heterocycles. The van der Waals surface area contributed by atoms with Crippen LogP contribution in [0.1, 0.15) is 80.1 Å². The zero-order valence-corrected chi connectivity index (χ0v) is 16.1. The van der Waals surface area contributed by atoms with Gasteiger partial charge in [-0.15, -0.1) is 0 Å². The van der Waals surface area contributed by atoms with Gasteiger partial charge in [0.25, 0.3) is 0 Å². The molecule has 4 heteroatoms. The Morgan fingerprint density at radius 1 is 1.09 bits per heavy atom. The summed E-state index contributed by atoms with van der Waals surface area (Å²) in [4.78, 5) is 11.9. The molecule has 0 heterocycles. The van der Waals surface area contributed by atoms with Crippen LogP contribution >= 0.6 is 0 Å². The molecule has 0 aromatic heterocycles. The Morgan fingerprint density at radius 2 is 1.70 bits per heavy atom. The lowest BCUT2D eigenvalue weighted by molar-refractivity contribution is 0.0515. The minimum absolute atomic E-state index is 0.309. The van der Waals surface area contributed by atoms with Gasteiger partial charge in [0.2, 0.25) is 0 Å². The minimum Gasteiger partial charge on any atom is -0.444 e. The van der Waals surface area contributed by atoms with Crippen molar-refractivity contribution in [3.05, 3.63) is 0 Å². The van der Waals surface area contributed by atoms with Crippen molar-refractivity contribution in [2.24, 2.45) is 11.3 Å². The molecule has 136 valence electrons. The van der Waals surface area contributed by atoms with Crippen LogP contribution in [0, 0.1) is 11.3 Å². The van der Waals surface area contributed by atoms with E-state index in [0.717, 1.165) is 13.0 Å². The van der Waals surface area contributed by atoms with E-state index in [1.54, 1.807) is 0 Å². The molecule has 1 unspecified atom stereocenters. The highest BCUT2D eigenvalue weighted by atomic mass is 16.6. The fourth-order valence-corrected chi connectivity index (χ4v) is 3.08. The first-order valence-electron chi connectivity index (χ1n) is 9.27. The Balaban J connectivity index is 2.48. The molecule has 4 nitrogen and oxygen atoms in total. The standard InChI is InChI=1S/C19H38N2O2/c1-18(2,3)12-13-20-16(15-10-8-7-9-11-15)14-21-17(22)23-19(4,5)6/h15-16,20H,7-14H2,1-6H3,(H,21,22). The molecule has 0 spiro atoms. The summed E-state index contributed by atoms with van der Waals surface area (Å²) in [5.74, 6) is 0.665. The van der Waals surface area contributed by atoms with E-state index in [-0.39, 0.29) is 6.09 Å². The van der Waals surface area contributed by atoms with Crippen molar-refractivity contribution in [3.63, 3.8) is 0 Å². The highest BCUT2D eigenvalue weighted by Gasteiger charge is 2.25. The number of carbonyl (C=O) groups excluding carboxylic acids is 1. The van der Waals surface area contributed by atoms with E-state index in [2.05, 4.69) is 31.4 Å². The van der Waals surface area contributed by atoms with Gasteiger partial charge in [0.1, 0.15) is 5.60 Å². The number of nitrogens with one attached hydrogen (secondary N) is 2. The summed E-state index contributed by atoms with van der Waals surface area (Å²) >= 11 is 0. The van der Waals surface area contributed by atoms with Gasteiger partial charge in [0.05, 0.1) is 0 Å². The van der Waals surface area contributed by atoms with Crippen LogP contribution in [0.5, 0.6) is 0 Å². The average molecular weight is 327 g/mol. The molecule has 23 heavy (non-hydrogen) atoms. The van der Waals surface area contributed by atoms with Crippen LogP contribution in [0.2, 0.25) is 0 Å². The van der Waals surface area contributed by atoms with Crippen LogP contribution < -0.4 is 10.6 Å². The van der Waals surface area contributed by atoms with Gasteiger partial charge in [0, 0.05) is 12.6 Å². The predicted molar refractivity (Wildman–Crippen MR) is 96.7 cm³/mol. The Labute approximate surface area is 143 Å². The maximum absolute atomic E-state index is 11.9. The molecule has 0 aromatic rings. The number of amides is 1. The van der Waals surface area contributed by atoms with Crippen LogP contribution in [-0.4, -0.2) is 30.8 Å². The first-order chi connectivity index (χ1) is 10.6. The highest BCUT2D eigenvalue weighted by Crippen LogP contribution is 2.27. The molecule has 0 radical (unpaired) electrons. The fraction of sp³-hybridized carbons (Fsp3) is 0.947. The molecule has 1 aliphatic carbocycles. The molecule has 1 atom stereocenters. The van der Waals surface area contributed by atoms with Crippen molar-refractivity contribution in [2.75, 3.05) is 13.1 Å². The second kappa shape index (κ2) is 8.91. The zero-order chi connectivity index (χ0) is 17.5. The topological polar surface area (TPSA) is 50.4 Å².